The molecule has 2 aromatic carbocycles. The first-order chi connectivity index (χ1) is 13.6. The molecule has 0 aliphatic carbocycles. The lowest BCUT2D eigenvalue weighted by Crippen LogP contribution is -2.24. The molecule has 0 heterocycles. The van der Waals surface area contributed by atoms with Gasteiger partial charge in [-0.2, -0.15) is 18.4 Å². The van der Waals surface area contributed by atoms with Gasteiger partial charge in [-0.25, -0.2) is 13.1 Å². The van der Waals surface area contributed by atoms with Crippen molar-refractivity contribution in [3.8, 4) is 6.07 Å². The number of sulfonamides is 1. The number of alkyl halides is 3. The summed E-state index contributed by atoms with van der Waals surface area (Å²) in [5.41, 5.74) is 0.363. The average Bonchev–Trinajstić information content (AvgIpc) is 2.67. The molecule has 29 heavy (non-hydrogen) atoms. The number of hydrogen-bond donors (Lipinski definition) is 3. The van der Waals surface area contributed by atoms with Crippen LogP contribution in [0.3, 0.4) is 0 Å². The van der Waals surface area contributed by atoms with Crippen LogP contribution in [0.2, 0.25) is 0 Å². The van der Waals surface area contributed by atoms with Gasteiger partial charge in [0.1, 0.15) is 6.54 Å². The van der Waals surface area contributed by atoms with E-state index in [4.69, 9.17) is 5.26 Å². The minimum absolute atomic E-state index is 0.0154. The van der Waals surface area contributed by atoms with Crippen LogP contribution in [0, 0.1) is 11.3 Å². The Morgan fingerprint density at radius 1 is 1.03 bits per heavy atom. The number of para-hydroxylation sites is 2. The zero-order chi connectivity index (χ0) is 21.5. The molecule has 0 fully saturated rings. The normalized spacial score (nSPS) is 11.5. The van der Waals surface area contributed by atoms with E-state index in [1.165, 1.54) is 42.5 Å². The summed E-state index contributed by atoms with van der Waals surface area (Å²) in [5.74, 6) is -0.618. The predicted octanol–water partition coefficient (Wildman–Crippen LogP) is 3.11. The molecule has 0 radical (unpaired) electrons. The van der Waals surface area contributed by atoms with Crippen LogP contribution in [-0.2, 0) is 10.0 Å². The molecule has 154 valence electrons. The summed E-state index contributed by atoms with van der Waals surface area (Å²) < 4.78 is 63.6. The van der Waals surface area contributed by atoms with Crippen LogP contribution in [-0.4, -0.2) is 33.6 Å². The van der Waals surface area contributed by atoms with Crippen molar-refractivity contribution in [2.45, 2.75) is 17.5 Å². The van der Waals surface area contributed by atoms with Crippen LogP contribution >= 0.6 is 0 Å². The van der Waals surface area contributed by atoms with E-state index in [-0.39, 0.29) is 34.8 Å². The number of hydrogen-bond acceptors (Lipinski definition) is 5. The van der Waals surface area contributed by atoms with E-state index in [9.17, 15) is 26.4 Å². The van der Waals surface area contributed by atoms with E-state index in [1.807, 2.05) is 6.07 Å². The Hall–Kier alpha value is -3.10. The lowest BCUT2D eigenvalue weighted by molar-refractivity contribution is -0.115. The molecule has 3 N–H and O–H groups in total. The smallest absolute Gasteiger partial charge is 0.375 e. The number of amides is 1. The summed E-state index contributed by atoms with van der Waals surface area (Å²) in [6.45, 7) is -1.30. The number of carbonyl (C=O) groups excluding carboxylic acids is 1. The molecule has 2 aromatic rings. The first-order valence-corrected chi connectivity index (χ1v) is 9.78. The molecule has 0 saturated carbocycles. The van der Waals surface area contributed by atoms with Gasteiger partial charge in [-0.05, 0) is 36.4 Å². The van der Waals surface area contributed by atoms with Gasteiger partial charge in [-0.1, -0.05) is 12.1 Å². The van der Waals surface area contributed by atoms with Crippen LogP contribution in [0.1, 0.15) is 16.8 Å². The van der Waals surface area contributed by atoms with Crippen LogP contribution in [0.25, 0.3) is 0 Å². The molecule has 7 nitrogen and oxygen atoms in total. The molecule has 0 aliphatic heterocycles. The van der Waals surface area contributed by atoms with Crippen LogP contribution in [0.5, 0.6) is 0 Å². The van der Waals surface area contributed by atoms with E-state index in [0.717, 1.165) is 0 Å². The van der Waals surface area contributed by atoms with Crippen LogP contribution < -0.4 is 15.4 Å². The van der Waals surface area contributed by atoms with E-state index in [1.54, 1.807) is 6.07 Å². The highest BCUT2D eigenvalue weighted by atomic mass is 32.2. The maximum atomic E-state index is 12.4. The third-order valence-corrected chi connectivity index (χ3v) is 5.09. The largest absolute Gasteiger partial charge is 0.405 e. The number of carbonyl (C=O) groups is 1. The third kappa shape index (κ3) is 6.78. The van der Waals surface area contributed by atoms with Crippen molar-refractivity contribution in [2.24, 2.45) is 0 Å². The second-order valence-corrected chi connectivity index (χ2v) is 7.57. The molecule has 0 atom stereocenters. The van der Waals surface area contributed by atoms with Crippen molar-refractivity contribution in [2.75, 3.05) is 23.7 Å². The fourth-order valence-corrected chi connectivity index (χ4v) is 3.28. The van der Waals surface area contributed by atoms with E-state index in [2.05, 4.69) is 15.4 Å². The van der Waals surface area contributed by atoms with Crippen molar-refractivity contribution in [3.63, 3.8) is 0 Å². The van der Waals surface area contributed by atoms with Gasteiger partial charge in [-0.3, -0.25) is 4.79 Å². The number of rotatable bonds is 8. The zero-order valence-electron chi connectivity index (χ0n) is 15.0. The molecule has 11 heteroatoms. The number of benzene rings is 2. The first kappa shape index (κ1) is 22.2. The molecule has 2 rings (SSSR count). The minimum Gasteiger partial charge on any atom is -0.375 e. The second kappa shape index (κ2) is 9.40. The molecule has 0 spiro atoms. The Bertz CT molecular complexity index is 1000. The average molecular weight is 426 g/mol. The minimum atomic E-state index is -4.42. The summed E-state index contributed by atoms with van der Waals surface area (Å²) >= 11 is 0. The van der Waals surface area contributed by atoms with Gasteiger partial charge >= 0.3 is 6.18 Å². The Kier molecular flexibility index (Phi) is 7.19. The highest BCUT2D eigenvalue weighted by molar-refractivity contribution is 7.89. The molecular formula is C18H17F3N4O3S. The van der Waals surface area contributed by atoms with Gasteiger partial charge in [0, 0.05) is 18.5 Å². The van der Waals surface area contributed by atoms with Crippen molar-refractivity contribution in [1.29, 1.82) is 5.26 Å². The molecule has 0 bridgehead atoms. The van der Waals surface area contributed by atoms with Gasteiger partial charge in [0.15, 0.2) is 0 Å². The Labute approximate surface area is 165 Å². The number of anilines is 2. The zero-order valence-corrected chi connectivity index (χ0v) is 15.8. The quantitative estimate of drug-likeness (QED) is 0.562. The number of nitriles is 1. The van der Waals surface area contributed by atoms with Crippen molar-refractivity contribution < 1.29 is 26.4 Å². The molecule has 1 amide bonds. The second-order valence-electron chi connectivity index (χ2n) is 5.80. The lowest BCUT2D eigenvalue weighted by atomic mass is 10.2. The molecule has 0 unspecified atom stereocenters. The Balaban J connectivity index is 2.10. The number of nitrogens with zero attached hydrogens (tertiary/aromatic N) is 1. The predicted molar refractivity (Wildman–Crippen MR) is 101 cm³/mol. The summed E-state index contributed by atoms with van der Waals surface area (Å²) in [6.07, 6.45) is -4.40. The summed E-state index contributed by atoms with van der Waals surface area (Å²) in [7, 11) is -3.81. The Morgan fingerprint density at radius 2 is 1.66 bits per heavy atom. The fourth-order valence-electron chi connectivity index (χ4n) is 2.25. The van der Waals surface area contributed by atoms with Gasteiger partial charge in [-0.15, -0.1) is 0 Å². The van der Waals surface area contributed by atoms with Crippen molar-refractivity contribution in [1.82, 2.24) is 4.72 Å². The molecule has 0 aliphatic rings. The third-order valence-electron chi connectivity index (χ3n) is 3.61. The highest BCUT2D eigenvalue weighted by Gasteiger charge is 2.27. The summed E-state index contributed by atoms with van der Waals surface area (Å²) in [5, 5.41) is 13.2. The van der Waals surface area contributed by atoms with Crippen molar-refractivity contribution >= 4 is 27.3 Å². The van der Waals surface area contributed by atoms with E-state index < -0.39 is 28.7 Å². The van der Waals surface area contributed by atoms with Gasteiger partial charge in [0.05, 0.1) is 22.3 Å². The van der Waals surface area contributed by atoms with E-state index >= 15 is 0 Å². The van der Waals surface area contributed by atoms with Gasteiger partial charge in [0.2, 0.25) is 10.0 Å². The molecule has 0 aromatic heterocycles. The standard InChI is InChI=1S/C18H17F3N4O3S/c19-18(20,21)12-23-15-4-1-2-5-16(15)25-17(26)13-6-8-14(9-7-13)29(27,28)24-11-3-10-22/h1-2,4-9,23-24H,3,11-12H2,(H,25,26). The van der Waals surface area contributed by atoms with Gasteiger partial charge in [0.25, 0.3) is 5.91 Å². The van der Waals surface area contributed by atoms with E-state index in [0.29, 0.717) is 0 Å². The number of nitrogens with one attached hydrogen (secondary N) is 3. The summed E-state index contributed by atoms with van der Waals surface area (Å²) in [6, 6.07) is 12.7. The van der Waals surface area contributed by atoms with Crippen molar-refractivity contribution in [3.05, 3.63) is 54.1 Å². The maximum Gasteiger partial charge on any atom is 0.405 e. The molecular weight excluding hydrogens is 409 g/mol. The Morgan fingerprint density at radius 3 is 2.24 bits per heavy atom. The fraction of sp³-hybridized carbons (Fsp3) is 0.222. The lowest BCUT2D eigenvalue weighted by Gasteiger charge is -2.14. The van der Waals surface area contributed by atoms with Crippen LogP contribution in [0.4, 0.5) is 24.5 Å². The van der Waals surface area contributed by atoms with Crippen LogP contribution in [0.15, 0.2) is 53.4 Å². The maximum absolute atomic E-state index is 12.4. The highest BCUT2D eigenvalue weighted by Crippen LogP contribution is 2.24. The monoisotopic (exact) mass is 426 g/mol. The SMILES string of the molecule is N#CCCNS(=O)(=O)c1ccc(C(=O)Nc2ccccc2NCC(F)(F)F)cc1. The number of halogens is 3. The van der Waals surface area contributed by atoms with Gasteiger partial charge < -0.3 is 10.6 Å². The summed E-state index contributed by atoms with van der Waals surface area (Å²) in [4.78, 5) is 12.3. The first-order valence-electron chi connectivity index (χ1n) is 8.30. The topological polar surface area (TPSA) is 111 Å². The molecule has 0 saturated heterocycles.